The van der Waals surface area contributed by atoms with E-state index in [0.717, 1.165) is 47.1 Å². The Morgan fingerprint density at radius 3 is 2.81 bits per heavy atom. The van der Waals surface area contributed by atoms with Gasteiger partial charge in [0.15, 0.2) is 5.16 Å². The molecule has 1 aromatic heterocycles. The average Bonchev–Trinajstić information content (AvgIpc) is 3.16. The Kier molecular flexibility index (Phi) is 4.83. The van der Waals surface area contributed by atoms with Gasteiger partial charge < -0.3 is 4.74 Å². The van der Waals surface area contributed by atoms with Crippen molar-refractivity contribution in [2.45, 2.75) is 37.9 Å². The number of hydrogen-bond donors (Lipinski definition) is 0. The molecule has 0 bridgehead atoms. The van der Waals surface area contributed by atoms with E-state index in [2.05, 4.69) is 26.0 Å². The zero-order valence-electron chi connectivity index (χ0n) is 15.1. The molecule has 0 saturated carbocycles. The normalized spacial score (nSPS) is 17.1. The van der Waals surface area contributed by atoms with Crippen molar-refractivity contribution >= 4 is 22.7 Å². The highest BCUT2D eigenvalue weighted by Gasteiger charge is 2.19. The van der Waals surface area contributed by atoms with Crippen LogP contribution in [-0.4, -0.2) is 28.0 Å². The second kappa shape index (κ2) is 7.25. The maximum Gasteiger partial charge on any atom is 0.266 e. The van der Waals surface area contributed by atoms with Crippen molar-refractivity contribution in [3.05, 3.63) is 63.9 Å². The predicted molar refractivity (Wildman–Crippen MR) is 107 cm³/mol. The summed E-state index contributed by atoms with van der Waals surface area (Å²) in [5.74, 6) is 0.815. The zero-order chi connectivity index (χ0) is 18.1. The van der Waals surface area contributed by atoms with Gasteiger partial charge in [-0.2, -0.15) is 0 Å². The van der Waals surface area contributed by atoms with E-state index in [0.29, 0.717) is 5.39 Å². The number of benzene rings is 2. The van der Waals surface area contributed by atoms with Gasteiger partial charge in [-0.3, -0.25) is 9.36 Å². The first kappa shape index (κ1) is 17.3. The largest absolute Gasteiger partial charge is 0.377 e. The lowest BCUT2D eigenvalue weighted by Crippen LogP contribution is -2.22. The molecule has 134 valence electrons. The molecule has 0 amide bonds. The number of aromatic nitrogens is 2. The Hall–Kier alpha value is -2.11. The molecule has 26 heavy (non-hydrogen) atoms. The lowest BCUT2D eigenvalue weighted by molar-refractivity contribution is 0.129. The third-order valence-electron chi connectivity index (χ3n) is 4.92. The Labute approximate surface area is 157 Å². The second-order valence-electron chi connectivity index (χ2n) is 6.77. The van der Waals surface area contributed by atoms with E-state index in [-0.39, 0.29) is 11.7 Å². The SMILES string of the molecule is Cc1ccc(-n2c(SC[C@@H]3CCCO3)nc3ccccc3c2=O)cc1C. The predicted octanol–water partition coefficient (Wildman–Crippen LogP) is 4.27. The minimum absolute atomic E-state index is 0.0197. The highest BCUT2D eigenvalue weighted by molar-refractivity contribution is 7.99. The molecule has 1 aliphatic heterocycles. The molecule has 0 spiro atoms. The van der Waals surface area contributed by atoms with Crippen molar-refractivity contribution in [3.63, 3.8) is 0 Å². The highest BCUT2D eigenvalue weighted by Crippen LogP contribution is 2.26. The molecule has 2 aromatic carbocycles. The summed E-state index contributed by atoms with van der Waals surface area (Å²) in [6, 6.07) is 13.7. The first-order chi connectivity index (χ1) is 12.6. The molecule has 0 radical (unpaired) electrons. The van der Waals surface area contributed by atoms with E-state index in [1.165, 1.54) is 5.56 Å². The van der Waals surface area contributed by atoms with Gasteiger partial charge in [-0.15, -0.1) is 0 Å². The summed E-state index contributed by atoms with van der Waals surface area (Å²) >= 11 is 1.61. The fraction of sp³-hybridized carbons (Fsp3) is 0.333. The van der Waals surface area contributed by atoms with Crippen LogP contribution in [-0.2, 0) is 4.74 Å². The van der Waals surface area contributed by atoms with Crippen LogP contribution >= 0.6 is 11.8 Å². The van der Waals surface area contributed by atoms with Crippen molar-refractivity contribution in [3.8, 4) is 5.69 Å². The summed E-state index contributed by atoms with van der Waals surface area (Å²) in [6.45, 7) is 4.98. The Balaban J connectivity index is 1.84. The maximum atomic E-state index is 13.2. The molecule has 1 aliphatic rings. The minimum atomic E-state index is -0.0197. The number of thioether (sulfide) groups is 1. The van der Waals surface area contributed by atoms with Crippen molar-refractivity contribution in [1.29, 1.82) is 0 Å². The molecular weight excluding hydrogens is 344 g/mol. The van der Waals surface area contributed by atoms with Gasteiger partial charge in [0.05, 0.1) is 22.7 Å². The van der Waals surface area contributed by atoms with Crippen LogP contribution in [0, 0.1) is 13.8 Å². The van der Waals surface area contributed by atoms with Crippen LogP contribution < -0.4 is 5.56 Å². The number of nitrogens with zero attached hydrogens (tertiary/aromatic N) is 2. The zero-order valence-corrected chi connectivity index (χ0v) is 15.9. The first-order valence-electron chi connectivity index (χ1n) is 8.97. The van der Waals surface area contributed by atoms with Crippen LogP contribution in [0.5, 0.6) is 0 Å². The van der Waals surface area contributed by atoms with Crippen LogP contribution in [0.3, 0.4) is 0 Å². The number of aryl methyl sites for hydroxylation is 2. The van der Waals surface area contributed by atoms with E-state index in [9.17, 15) is 4.79 Å². The van der Waals surface area contributed by atoms with Gasteiger partial charge in [0.2, 0.25) is 0 Å². The van der Waals surface area contributed by atoms with E-state index >= 15 is 0 Å². The fourth-order valence-electron chi connectivity index (χ4n) is 3.24. The standard InChI is InChI=1S/C21H22N2O2S/c1-14-9-10-16(12-15(14)2)23-20(24)18-7-3-4-8-19(18)22-21(23)26-13-17-6-5-11-25-17/h3-4,7-10,12,17H,5-6,11,13H2,1-2H3/t17-/m0/s1. The Morgan fingerprint density at radius 1 is 1.19 bits per heavy atom. The number of hydrogen-bond acceptors (Lipinski definition) is 4. The monoisotopic (exact) mass is 366 g/mol. The number of para-hydroxylation sites is 1. The molecule has 4 nitrogen and oxygen atoms in total. The second-order valence-corrected chi connectivity index (χ2v) is 7.75. The summed E-state index contributed by atoms with van der Waals surface area (Å²) in [4.78, 5) is 18.0. The van der Waals surface area contributed by atoms with Crippen LogP contribution in [0.1, 0.15) is 24.0 Å². The maximum absolute atomic E-state index is 13.2. The lowest BCUT2D eigenvalue weighted by atomic mass is 10.1. The lowest BCUT2D eigenvalue weighted by Gasteiger charge is -2.15. The van der Waals surface area contributed by atoms with Crippen molar-refractivity contribution in [2.24, 2.45) is 0 Å². The number of fused-ring (bicyclic) bond motifs is 1. The van der Waals surface area contributed by atoms with Gasteiger partial charge in [-0.25, -0.2) is 4.98 Å². The number of rotatable bonds is 4. The fourth-order valence-corrected chi connectivity index (χ4v) is 4.32. The molecule has 3 aromatic rings. The molecule has 2 heterocycles. The Morgan fingerprint density at radius 2 is 2.04 bits per heavy atom. The van der Waals surface area contributed by atoms with Gasteiger partial charge in [0.1, 0.15) is 0 Å². The van der Waals surface area contributed by atoms with E-state index in [1.54, 1.807) is 16.3 Å². The number of ether oxygens (including phenoxy) is 1. The molecule has 5 heteroatoms. The van der Waals surface area contributed by atoms with Crippen LogP contribution in [0.25, 0.3) is 16.6 Å². The Bertz CT molecular complexity index is 1010. The van der Waals surface area contributed by atoms with Gasteiger partial charge in [-0.1, -0.05) is 30.0 Å². The molecule has 0 N–H and O–H groups in total. The summed E-state index contributed by atoms with van der Waals surface area (Å²) in [6.07, 6.45) is 2.44. The van der Waals surface area contributed by atoms with Gasteiger partial charge >= 0.3 is 0 Å². The average molecular weight is 366 g/mol. The minimum Gasteiger partial charge on any atom is -0.377 e. The van der Waals surface area contributed by atoms with Crippen LogP contribution in [0.15, 0.2) is 52.4 Å². The molecule has 1 atom stereocenters. The smallest absolute Gasteiger partial charge is 0.266 e. The van der Waals surface area contributed by atoms with Gasteiger partial charge in [-0.05, 0) is 62.1 Å². The van der Waals surface area contributed by atoms with Gasteiger partial charge in [0.25, 0.3) is 5.56 Å². The topological polar surface area (TPSA) is 44.1 Å². The third kappa shape index (κ3) is 3.29. The summed E-state index contributed by atoms with van der Waals surface area (Å²) < 4.78 is 7.48. The van der Waals surface area contributed by atoms with Gasteiger partial charge in [0, 0.05) is 12.4 Å². The molecule has 1 saturated heterocycles. The summed E-state index contributed by atoms with van der Waals surface area (Å²) in [7, 11) is 0. The molecule has 0 unspecified atom stereocenters. The van der Waals surface area contributed by atoms with E-state index in [1.807, 2.05) is 30.3 Å². The van der Waals surface area contributed by atoms with Crippen molar-refractivity contribution in [2.75, 3.05) is 12.4 Å². The summed E-state index contributed by atoms with van der Waals surface area (Å²) in [5.41, 5.74) is 3.97. The van der Waals surface area contributed by atoms with Crippen molar-refractivity contribution < 1.29 is 4.74 Å². The molecule has 4 rings (SSSR count). The molecular formula is C21H22N2O2S. The quantitative estimate of drug-likeness (QED) is 0.511. The molecule has 1 fully saturated rings. The third-order valence-corrected chi connectivity index (χ3v) is 5.99. The van der Waals surface area contributed by atoms with Crippen LogP contribution in [0.2, 0.25) is 0 Å². The van der Waals surface area contributed by atoms with Crippen LogP contribution in [0.4, 0.5) is 0 Å². The van der Waals surface area contributed by atoms with Crippen molar-refractivity contribution in [1.82, 2.24) is 9.55 Å². The molecule has 0 aliphatic carbocycles. The summed E-state index contributed by atoms with van der Waals surface area (Å²) in [5, 5.41) is 1.37. The highest BCUT2D eigenvalue weighted by atomic mass is 32.2. The van der Waals surface area contributed by atoms with E-state index < -0.39 is 0 Å². The van der Waals surface area contributed by atoms with E-state index in [4.69, 9.17) is 9.72 Å². The first-order valence-corrected chi connectivity index (χ1v) is 9.96.